The van der Waals surface area contributed by atoms with Crippen molar-refractivity contribution in [2.75, 3.05) is 38.5 Å². The lowest BCUT2D eigenvalue weighted by atomic mass is 10.1. The number of phenols is 1. The lowest BCUT2D eigenvalue weighted by Crippen LogP contribution is -2.43. The summed E-state index contributed by atoms with van der Waals surface area (Å²) in [7, 11) is 2.14. The molecule has 7 nitrogen and oxygen atoms in total. The van der Waals surface area contributed by atoms with Gasteiger partial charge in [0, 0.05) is 50.2 Å². The predicted molar refractivity (Wildman–Crippen MR) is 166 cm³/mol. The van der Waals surface area contributed by atoms with Gasteiger partial charge in [-0.3, -0.25) is 14.7 Å². The van der Waals surface area contributed by atoms with Gasteiger partial charge in [0.05, 0.1) is 27.5 Å². The van der Waals surface area contributed by atoms with Gasteiger partial charge in [0.1, 0.15) is 5.52 Å². The van der Waals surface area contributed by atoms with E-state index in [0.717, 1.165) is 38.4 Å². The van der Waals surface area contributed by atoms with Crippen LogP contribution in [0, 0.1) is 5.82 Å². The van der Waals surface area contributed by atoms with Crippen LogP contribution in [0.1, 0.15) is 22.8 Å². The Morgan fingerprint density at radius 2 is 1.73 bits per heavy atom. The Morgan fingerprint density at radius 3 is 2.35 bits per heavy atom. The predicted octanol–water partition coefficient (Wildman–Crippen LogP) is 6.75. The van der Waals surface area contributed by atoms with Crippen molar-refractivity contribution in [3.63, 3.8) is 0 Å². The van der Waals surface area contributed by atoms with Crippen molar-refractivity contribution in [3.8, 4) is 17.0 Å². The quantitative estimate of drug-likeness (QED) is 0.229. The Bertz CT molecular complexity index is 1460. The van der Waals surface area contributed by atoms with Gasteiger partial charge in [-0.1, -0.05) is 23.7 Å². The summed E-state index contributed by atoms with van der Waals surface area (Å²) in [6, 6.07) is 14.2. The molecule has 2 aromatic carbocycles. The van der Waals surface area contributed by atoms with E-state index in [2.05, 4.69) is 39.3 Å². The second-order valence-corrected chi connectivity index (χ2v) is 9.76. The Morgan fingerprint density at radius 1 is 1.05 bits per heavy atom. The molecule has 1 aliphatic rings. The molecule has 12 heteroatoms. The van der Waals surface area contributed by atoms with Crippen molar-refractivity contribution in [2.45, 2.75) is 13.5 Å². The van der Waals surface area contributed by atoms with Crippen molar-refractivity contribution in [3.05, 3.63) is 76.7 Å². The van der Waals surface area contributed by atoms with Gasteiger partial charge in [0.2, 0.25) is 0 Å². The van der Waals surface area contributed by atoms with E-state index in [1.54, 1.807) is 12.1 Å². The van der Waals surface area contributed by atoms with Gasteiger partial charge >= 0.3 is 0 Å². The number of piperazine rings is 1. The first kappa shape index (κ1) is 33.5. The largest absolute Gasteiger partial charge is 0.504 e. The molecule has 0 bridgehead atoms. The summed E-state index contributed by atoms with van der Waals surface area (Å²) < 4.78 is 14.1. The molecule has 3 heterocycles. The maximum absolute atomic E-state index is 14.1. The molecule has 0 amide bonds. The molecule has 0 spiro atoms. The minimum Gasteiger partial charge on any atom is -0.504 e. The third kappa shape index (κ3) is 7.32. The summed E-state index contributed by atoms with van der Waals surface area (Å²) in [5, 5.41) is 12.9. The average Bonchev–Trinajstić information content (AvgIpc) is 2.89. The number of Topliss-reactive ketones (excluding diaryl/α,β-unsaturated/α-hetero) is 1. The van der Waals surface area contributed by atoms with E-state index in [1.807, 2.05) is 12.1 Å². The van der Waals surface area contributed by atoms with Crippen LogP contribution in [0.4, 0.5) is 15.8 Å². The number of carbonyl (C=O) groups excluding carboxylic acids is 1. The maximum atomic E-state index is 14.1. The zero-order valence-corrected chi connectivity index (χ0v) is 25.1. The minimum absolute atomic E-state index is 0. The fraction of sp³-hybridized carbons (Fsp3) is 0.250. The molecule has 40 heavy (non-hydrogen) atoms. The Kier molecular flexibility index (Phi) is 11.9. The minimum atomic E-state index is -0.838. The standard InChI is InChI=1S/C28H27ClFN5O2.3ClH/c1-17(36)21-15-31-25-8-7-24(19-13-22(29)28(37)23(30)14-19)33-27(25)26(21)32-20-5-3-18(4-6-20)16-35-11-9-34(2)10-12-35;;;/h3-8,13-15,37H,9-12,16H2,1-2H3,(H,31,32);3*1H. The number of nitrogens with zero attached hydrogens (tertiary/aromatic N) is 4. The van der Waals surface area contributed by atoms with Crippen LogP contribution in [-0.2, 0) is 6.54 Å². The number of pyridine rings is 2. The number of fused-ring (bicyclic) bond motifs is 1. The number of rotatable bonds is 6. The zero-order valence-electron chi connectivity index (χ0n) is 21.9. The number of carbonyl (C=O) groups is 1. The number of likely N-dealkylation sites (N-methyl/N-ethyl adjacent to an activating group) is 1. The van der Waals surface area contributed by atoms with E-state index in [1.165, 1.54) is 30.8 Å². The third-order valence-corrected chi connectivity index (χ3v) is 6.92. The molecule has 2 aromatic heterocycles. The van der Waals surface area contributed by atoms with Crippen LogP contribution in [-0.4, -0.2) is 63.9 Å². The number of halogens is 5. The van der Waals surface area contributed by atoms with Crippen LogP contribution in [0.3, 0.4) is 0 Å². The van der Waals surface area contributed by atoms with Crippen LogP contribution in [0.25, 0.3) is 22.3 Å². The second kappa shape index (κ2) is 14.3. The van der Waals surface area contributed by atoms with Gasteiger partial charge in [-0.15, -0.1) is 37.2 Å². The van der Waals surface area contributed by atoms with Gasteiger partial charge in [0.15, 0.2) is 17.3 Å². The van der Waals surface area contributed by atoms with E-state index in [-0.39, 0.29) is 48.0 Å². The first-order valence-corrected chi connectivity index (χ1v) is 12.4. The van der Waals surface area contributed by atoms with Crippen molar-refractivity contribution >= 4 is 77.0 Å². The molecule has 1 saturated heterocycles. The highest BCUT2D eigenvalue weighted by Gasteiger charge is 2.17. The molecule has 0 unspecified atom stereocenters. The summed E-state index contributed by atoms with van der Waals surface area (Å²) in [6.07, 6.45) is 1.53. The van der Waals surface area contributed by atoms with Crippen LogP contribution in [0.2, 0.25) is 5.02 Å². The van der Waals surface area contributed by atoms with Gasteiger partial charge < -0.3 is 15.3 Å². The Balaban J connectivity index is 0.00000187. The number of phenolic OH excluding ortho intramolecular Hbond substituents is 1. The SMILES string of the molecule is CC(=O)c1cnc2ccc(-c3cc(F)c(O)c(Cl)c3)nc2c1Nc1ccc(CN2CCN(C)CC2)cc1.Cl.Cl.Cl. The van der Waals surface area contributed by atoms with Crippen LogP contribution < -0.4 is 5.32 Å². The van der Waals surface area contributed by atoms with Gasteiger partial charge in [0.25, 0.3) is 0 Å². The van der Waals surface area contributed by atoms with Crippen molar-refractivity contribution in [2.24, 2.45) is 0 Å². The number of anilines is 2. The molecule has 5 rings (SSSR count). The molecule has 2 N–H and O–H groups in total. The molecular weight excluding hydrogens is 599 g/mol. The average molecular weight is 629 g/mol. The smallest absolute Gasteiger partial charge is 0.170 e. The van der Waals surface area contributed by atoms with Crippen molar-refractivity contribution in [1.29, 1.82) is 0 Å². The van der Waals surface area contributed by atoms with Gasteiger partial charge in [-0.2, -0.15) is 0 Å². The first-order chi connectivity index (χ1) is 17.8. The monoisotopic (exact) mass is 627 g/mol. The van der Waals surface area contributed by atoms with E-state index in [4.69, 9.17) is 16.6 Å². The van der Waals surface area contributed by atoms with Gasteiger partial charge in [-0.25, -0.2) is 9.37 Å². The third-order valence-electron chi connectivity index (χ3n) is 6.63. The normalized spacial score (nSPS) is 13.6. The summed E-state index contributed by atoms with van der Waals surface area (Å²) in [4.78, 5) is 26.3. The molecule has 4 aromatic rings. The first-order valence-electron chi connectivity index (χ1n) is 12.0. The molecule has 1 aliphatic heterocycles. The van der Waals surface area contributed by atoms with Crippen LogP contribution in [0.15, 0.2) is 54.7 Å². The van der Waals surface area contributed by atoms with E-state index in [0.29, 0.717) is 33.5 Å². The molecule has 0 radical (unpaired) electrons. The molecule has 0 saturated carbocycles. The summed E-state index contributed by atoms with van der Waals surface area (Å²) in [5.74, 6) is -1.60. The van der Waals surface area contributed by atoms with Crippen molar-refractivity contribution in [1.82, 2.24) is 19.8 Å². The van der Waals surface area contributed by atoms with E-state index in [9.17, 15) is 14.3 Å². The fourth-order valence-electron chi connectivity index (χ4n) is 4.44. The molecule has 1 fully saturated rings. The van der Waals surface area contributed by atoms with Crippen molar-refractivity contribution < 1.29 is 14.3 Å². The summed E-state index contributed by atoms with van der Waals surface area (Å²) in [6.45, 7) is 6.60. The lowest BCUT2D eigenvalue weighted by Gasteiger charge is -2.32. The highest BCUT2D eigenvalue weighted by atomic mass is 35.5. The number of aromatic hydroxyl groups is 1. The van der Waals surface area contributed by atoms with E-state index < -0.39 is 11.6 Å². The number of nitrogens with one attached hydrogen (secondary N) is 1. The second-order valence-electron chi connectivity index (χ2n) is 9.36. The lowest BCUT2D eigenvalue weighted by molar-refractivity contribution is 0.101. The van der Waals surface area contributed by atoms with Gasteiger partial charge in [-0.05, 0) is 55.9 Å². The van der Waals surface area contributed by atoms with Crippen LogP contribution in [0.5, 0.6) is 5.75 Å². The number of ketones is 1. The zero-order chi connectivity index (χ0) is 26.1. The topological polar surface area (TPSA) is 81.6 Å². The number of benzene rings is 2. The Labute approximate surface area is 256 Å². The highest BCUT2D eigenvalue weighted by molar-refractivity contribution is 6.32. The molecular formula is C28H30Cl4FN5O2. The number of hydrogen-bond acceptors (Lipinski definition) is 7. The number of aromatic nitrogens is 2. The maximum Gasteiger partial charge on any atom is 0.170 e. The number of hydrogen-bond donors (Lipinski definition) is 2. The van der Waals surface area contributed by atoms with E-state index >= 15 is 0 Å². The summed E-state index contributed by atoms with van der Waals surface area (Å²) in [5.41, 5.74) is 4.82. The fourth-order valence-corrected chi connectivity index (χ4v) is 4.64. The molecule has 0 aliphatic carbocycles. The van der Waals surface area contributed by atoms with Crippen LogP contribution >= 0.6 is 48.8 Å². The molecule has 0 atom stereocenters. The Hall–Kier alpha value is -2.72. The highest BCUT2D eigenvalue weighted by Crippen LogP contribution is 2.34. The molecule has 214 valence electrons. The summed E-state index contributed by atoms with van der Waals surface area (Å²) >= 11 is 5.98.